The zero-order chi connectivity index (χ0) is 12.1. The Labute approximate surface area is 104 Å². The van der Waals surface area contributed by atoms with Crippen LogP contribution in [0.2, 0.25) is 0 Å². The fraction of sp³-hybridized carbons (Fsp3) is 0.600. The average molecular weight is 233 g/mol. The zero-order valence-corrected chi connectivity index (χ0v) is 10.7. The van der Waals surface area contributed by atoms with Gasteiger partial charge < -0.3 is 10.4 Å². The molecule has 0 spiro atoms. The van der Waals surface area contributed by atoms with E-state index in [0.717, 1.165) is 12.5 Å². The van der Waals surface area contributed by atoms with Gasteiger partial charge in [-0.1, -0.05) is 31.4 Å². The molecular formula is C15H23NO. The number of phenols is 1. The molecule has 17 heavy (non-hydrogen) atoms. The molecule has 1 aliphatic carbocycles. The Hall–Kier alpha value is -1.02. The number of rotatable bonds is 4. The lowest BCUT2D eigenvalue weighted by Gasteiger charge is -2.28. The molecule has 1 aromatic rings. The molecular weight excluding hydrogens is 210 g/mol. The van der Waals surface area contributed by atoms with E-state index in [4.69, 9.17) is 0 Å². The van der Waals surface area contributed by atoms with Gasteiger partial charge in [-0.25, -0.2) is 0 Å². The maximum absolute atomic E-state index is 9.22. The molecule has 1 atom stereocenters. The van der Waals surface area contributed by atoms with E-state index in [1.54, 1.807) is 12.1 Å². The molecule has 1 fully saturated rings. The molecule has 0 radical (unpaired) electrons. The summed E-state index contributed by atoms with van der Waals surface area (Å²) < 4.78 is 0. The number of hydrogen-bond donors (Lipinski definition) is 2. The Morgan fingerprint density at radius 3 is 2.47 bits per heavy atom. The van der Waals surface area contributed by atoms with Gasteiger partial charge in [0.25, 0.3) is 0 Å². The van der Waals surface area contributed by atoms with Crippen LogP contribution < -0.4 is 5.32 Å². The Morgan fingerprint density at radius 1 is 1.18 bits per heavy atom. The SMILES string of the molecule is C[C@@H](NCc1ccc(O)cc1)C1CCCCC1. The maximum atomic E-state index is 9.22. The van der Waals surface area contributed by atoms with Gasteiger partial charge in [-0.2, -0.15) is 0 Å². The second kappa shape index (κ2) is 6.06. The highest BCUT2D eigenvalue weighted by Gasteiger charge is 2.19. The van der Waals surface area contributed by atoms with Gasteiger partial charge in [0.15, 0.2) is 0 Å². The van der Waals surface area contributed by atoms with Crippen LogP contribution >= 0.6 is 0 Å². The van der Waals surface area contributed by atoms with Crippen molar-refractivity contribution >= 4 is 0 Å². The molecule has 2 rings (SSSR count). The van der Waals surface area contributed by atoms with E-state index < -0.39 is 0 Å². The van der Waals surface area contributed by atoms with Crippen molar-refractivity contribution in [2.24, 2.45) is 5.92 Å². The second-order valence-corrected chi connectivity index (χ2v) is 5.23. The first-order chi connectivity index (χ1) is 8.25. The summed E-state index contributed by atoms with van der Waals surface area (Å²) in [5.41, 5.74) is 1.24. The Kier molecular flexibility index (Phi) is 4.43. The molecule has 0 unspecified atom stereocenters. The van der Waals surface area contributed by atoms with Crippen molar-refractivity contribution in [3.05, 3.63) is 29.8 Å². The summed E-state index contributed by atoms with van der Waals surface area (Å²) in [6, 6.07) is 8.07. The molecule has 0 bridgehead atoms. The zero-order valence-electron chi connectivity index (χ0n) is 10.7. The van der Waals surface area contributed by atoms with E-state index in [1.165, 1.54) is 37.7 Å². The van der Waals surface area contributed by atoms with Crippen molar-refractivity contribution in [1.82, 2.24) is 5.32 Å². The quantitative estimate of drug-likeness (QED) is 0.835. The summed E-state index contributed by atoms with van der Waals surface area (Å²) in [5, 5.41) is 12.8. The molecule has 94 valence electrons. The van der Waals surface area contributed by atoms with E-state index in [0.29, 0.717) is 11.8 Å². The Bertz CT molecular complexity index is 327. The lowest BCUT2D eigenvalue weighted by molar-refractivity contribution is 0.280. The third kappa shape index (κ3) is 3.74. The summed E-state index contributed by atoms with van der Waals surface area (Å²) in [6.07, 6.45) is 6.97. The largest absolute Gasteiger partial charge is 0.508 e. The molecule has 1 saturated carbocycles. The third-order valence-corrected chi connectivity index (χ3v) is 3.92. The van der Waals surface area contributed by atoms with Gasteiger partial charge in [0.2, 0.25) is 0 Å². The van der Waals surface area contributed by atoms with Crippen LogP contribution in [-0.4, -0.2) is 11.1 Å². The average Bonchev–Trinajstić information content (AvgIpc) is 2.39. The fourth-order valence-corrected chi connectivity index (χ4v) is 2.69. The summed E-state index contributed by atoms with van der Waals surface area (Å²) in [5.74, 6) is 1.19. The first-order valence-corrected chi connectivity index (χ1v) is 6.77. The van der Waals surface area contributed by atoms with Gasteiger partial charge in [-0.3, -0.25) is 0 Å². The van der Waals surface area contributed by atoms with Crippen molar-refractivity contribution in [3.63, 3.8) is 0 Å². The van der Waals surface area contributed by atoms with E-state index >= 15 is 0 Å². The first kappa shape index (κ1) is 12.4. The molecule has 0 aromatic heterocycles. The highest BCUT2D eigenvalue weighted by Crippen LogP contribution is 2.26. The van der Waals surface area contributed by atoms with Crippen LogP contribution in [0.1, 0.15) is 44.6 Å². The first-order valence-electron chi connectivity index (χ1n) is 6.77. The molecule has 1 aromatic carbocycles. The molecule has 2 nitrogen and oxygen atoms in total. The second-order valence-electron chi connectivity index (χ2n) is 5.23. The highest BCUT2D eigenvalue weighted by atomic mass is 16.3. The van der Waals surface area contributed by atoms with Crippen LogP contribution in [0.4, 0.5) is 0 Å². The molecule has 2 N–H and O–H groups in total. The highest BCUT2D eigenvalue weighted by molar-refractivity contribution is 5.25. The van der Waals surface area contributed by atoms with Crippen LogP contribution in [0.3, 0.4) is 0 Å². The molecule has 0 aliphatic heterocycles. The van der Waals surface area contributed by atoms with Crippen LogP contribution in [0, 0.1) is 5.92 Å². The van der Waals surface area contributed by atoms with Gasteiger partial charge in [0.05, 0.1) is 0 Å². The molecule has 0 saturated heterocycles. The lowest BCUT2D eigenvalue weighted by atomic mass is 9.84. The van der Waals surface area contributed by atoms with E-state index in [2.05, 4.69) is 12.2 Å². The number of phenolic OH excluding ortho intramolecular Hbond substituents is 1. The van der Waals surface area contributed by atoms with Crippen molar-refractivity contribution in [2.45, 2.75) is 51.6 Å². The van der Waals surface area contributed by atoms with Crippen LogP contribution in [0.15, 0.2) is 24.3 Å². The number of benzene rings is 1. The Balaban J connectivity index is 1.78. The molecule has 0 heterocycles. The standard InChI is InChI=1S/C15H23NO/c1-12(14-5-3-2-4-6-14)16-11-13-7-9-15(17)10-8-13/h7-10,12,14,16-17H,2-6,11H2,1H3/t12-/m1/s1. The molecule has 1 aliphatic rings. The van der Waals surface area contributed by atoms with E-state index in [1.807, 2.05) is 12.1 Å². The minimum Gasteiger partial charge on any atom is -0.508 e. The fourth-order valence-electron chi connectivity index (χ4n) is 2.69. The van der Waals surface area contributed by atoms with Crippen molar-refractivity contribution in [1.29, 1.82) is 0 Å². The van der Waals surface area contributed by atoms with Gasteiger partial charge in [0.1, 0.15) is 5.75 Å². The summed E-state index contributed by atoms with van der Waals surface area (Å²) >= 11 is 0. The van der Waals surface area contributed by atoms with Crippen molar-refractivity contribution < 1.29 is 5.11 Å². The van der Waals surface area contributed by atoms with Gasteiger partial charge in [-0.05, 0) is 43.4 Å². The van der Waals surface area contributed by atoms with E-state index in [-0.39, 0.29) is 0 Å². The minimum atomic E-state index is 0.342. The molecule has 0 amide bonds. The number of nitrogens with one attached hydrogen (secondary N) is 1. The van der Waals surface area contributed by atoms with Crippen LogP contribution in [0.5, 0.6) is 5.75 Å². The van der Waals surface area contributed by atoms with E-state index in [9.17, 15) is 5.11 Å². The van der Waals surface area contributed by atoms with Crippen LogP contribution in [0.25, 0.3) is 0 Å². The number of hydrogen-bond acceptors (Lipinski definition) is 2. The van der Waals surface area contributed by atoms with Crippen molar-refractivity contribution in [2.75, 3.05) is 0 Å². The summed E-state index contributed by atoms with van der Waals surface area (Å²) in [7, 11) is 0. The predicted octanol–water partition coefficient (Wildman–Crippen LogP) is 3.45. The van der Waals surface area contributed by atoms with Crippen molar-refractivity contribution in [3.8, 4) is 5.75 Å². The minimum absolute atomic E-state index is 0.342. The van der Waals surface area contributed by atoms with Gasteiger partial charge in [-0.15, -0.1) is 0 Å². The normalized spacial score (nSPS) is 19.1. The third-order valence-electron chi connectivity index (χ3n) is 3.92. The van der Waals surface area contributed by atoms with Gasteiger partial charge >= 0.3 is 0 Å². The summed E-state index contributed by atoms with van der Waals surface area (Å²) in [4.78, 5) is 0. The smallest absolute Gasteiger partial charge is 0.115 e. The number of aromatic hydroxyl groups is 1. The lowest BCUT2D eigenvalue weighted by Crippen LogP contribution is -2.34. The van der Waals surface area contributed by atoms with Gasteiger partial charge in [0, 0.05) is 12.6 Å². The monoisotopic (exact) mass is 233 g/mol. The topological polar surface area (TPSA) is 32.3 Å². The van der Waals surface area contributed by atoms with Crippen LogP contribution in [-0.2, 0) is 6.54 Å². The Morgan fingerprint density at radius 2 is 1.82 bits per heavy atom. The molecule has 2 heteroatoms. The maximum Gasteiger partial charge on any atom is 0.115 e. The predicted molar refractivity (Wildman–Crippen MR) is 71.0 cm³/mol. The summed E-state index contributed by atoms with van der Waals surface area (Å²) in [6.45, 7) is 3.20.